The molecule has 0 saturated carbocycles. The lowest BCUT2D eigenvalue weighted by molar-refractivity contribution is 0.669. The van der Waals surface area contributed by atoms with Gasteiger partial charge in [0.2, 0.25) is 0 Å². The highest BCUT2D eigenvalue weighted by atomic mass is 32.1. The van der Waals surface area contributed by atoms with Crippen LogP contribution in [-0.4, -0.2) is 4.57 Å². The van der Waals surface area contributed by atoms with Crippen molar-refractivity contribution in [2.45, 2.75) is 0 Å². The molecule has 0 spiro atoms. The Labute approximate surface area is 291 Å². The number of hydrogen-bond acceptors (Lipinski definition) is 3. The molecular formula is C46H28N2OS. The second-order valence-corrected chi connectivity index (χ2v) is 14.0. The van der Waals surface area contributed by atoms with Crippen LogP contribution < -0.4 is 4.90 Å². The number of nitrogens with zero attached hydrogens (tertiary/aromatic N) is 2. The Bertz CT molecular complexity index is 3110. The number of furan rings is 1. The lowest BCUT2D eigenvalue weighted by Gasteiger charge is -2.26. The van der Waals surface area contributed by atoms with Gasteiger partial charge < -0.3 is 13.9 Å². The Morgan fingerprint density at radius 3 is 1.96 bits per heavy atom. The van der Waals surface area contributed by atoms with Gasteiger partial charge in [-0.3, -0.25) is 0 Å². The normalized spacial score (nSPS) is 12.0. The number of rotatable bonds is 4. The van der Waals surface area contributed by atoms with E-state index in [0.717, 1.165) is 50.2 Å². The van der Waals surface area contributed by atoms with Gasteiger partial charge in [0.1, 0.15) is 11.2 Å². The first kappa shape index (κ1) is 27.6. The van der Waals surface area contributed by atoms with Gasteiger partial charge in [-0.15, -0.1) is 11.3 Å². The summed E-state index contributed by atoms with van der Waals surface area (Å²) in [5.74, 6) is 0. The van der Waals surface area contributed by atoms with Gasteiger partial charge in [-0.05, 0) is 83.6 Å². The zero-order valence-corrected chi connectivity index (χ0v) is 27.7. The molecule has 11 rings (SSSR count). The molecule has 0 aliphatic carbocycles. The Morgan fingerprint density at radius 2 is 1.06 bits per heavy atom. The predicted octanol–water partition coefficient (Wildman–Crippen LogP) is 13.7. The van der Waals surface area contributed by atoms with Crippen molar-refractivity contribution in [3.63, 3.8) is 0 Å². The molecule has 3 heterocycles. The molecule has 8 aromatic carbocycles. The summed E-state index contributed by atoms with van der Waals surface area (Å²) >= 11 is 1.86. The molecule has 50 heavy (non-hydrogen) atoms. The maximum Gasteiger partial charge on any atom is 0.137 e. The van der Waals surface area contributed by atoms with Gasteiger partial charge in [0, 0.05) is 70.5 Å². The first-order chi connectivity index (χ1) is 24.8. The van der Waals surface area contributed by atoms with Gasteiger partial charge in [-0.1, -0.05) is 91.0 Å². The largest absolute Gasteiger partial charge is 0.456 e. The molecule has 0 atom stereocenters. The van der Waals surface area contributed by atoms with Crippen LogP contribution in [0.3, 0.4) is 0 Å². The average molecular weight is 657 g/mol. The van der Waals surface area contributed by atoms with Crippen LogP contribution in [0.5, 0.6) is 0 Å². The molecule has 0 bridgehead atoms. The topological polar surface area (TPSA) is 21.3 Å². The van der Waals surface area contributed by atoms with E-state index in [9.17, 15) is 0 Å². The number of fused-ring (bicyclic) bond motifs is 11. The third kappa shape index (κ3) is 4.03. The second kappa shape index (κ2) is 10.6. The van der Waals surface area contributed by atoms with Gasteiger partial charge in [0.25, 0.3) is 0 Å². The first-order valence-corrected chi connectivity index (χ1v) is 17.7. The van der Waals surface area contributed by atoms with Crippen LogP contribution in [0.15, 0.2) is 174 Å². The Morgan fingerprint density at radius 1 is 0.420 bits per heavy atom. The van der Waals surface area contributed by atoms with Gasteiger partial charge in [0.05, 0.1) is 11.0 Å². The van der Waals surface area contributed by atoms with Crippen LogP contribution in [0.25, 0.3) is 80.4 Å². The number of aromatic nitrogens is 1. The van der Waals surface area contributed by atoms with E-state index in [4.69, 9.17) is 4.42 Å². The zero-order chi connectivity index (χ0) is 32.8. The molecule has 0 N–H and O–H groups in total. The summed E-state index contributed by atoms with van der Waals surface area (Å²) in [7, 11) is 0. The van der Waals surface area contributed by atoms with Crippen LogP contribution >= 0.6 is 11.3 Å². The molecule has 0 fully saturated rings. The maximum atomic E-state index is 6.44. The monoisotopic (exact) mass is 656 g/mol. The third-order valence-corrected chi connectivity index (χ3v) is 11.3. The van der Waals surface area contributed by atoms with Crippen molar-refractivity contribution in [3.05, 3.63) is 170 Å². The van der Waals surface area contributed by atoms with Crippen LogP contribution in [0.1, 0.15) is 0 Å². The summed E-state index contributed by atoms with van der Waals surface area (Å²) in [6, 6.07) is 61.3. The van der Waals surface area contributed by atoms with Crippen molar-refractivity contribution in [2.75, 3.05) is 4.90 Å². The first-order valence-electron chi connectivity index (χ1n) is 16.9. The summed E-state index contributed by atoms with van der Waals surface area (Å²) in [5, 5.41) is 9.83. The van der Waals surface area contributed by atoms with Crippen LogP contribution in [0, 0.1) is 0 Å². The van der Waals surface area contributed by atoms with Crippen molar-refractivity contribution in [1.82, 2.24) is 4.57 Å². The predicted molar refractivity (Wildman–Crippen MR) is 213 cm³/mol. The fourth-order valence-electron chi connectivity index (χ4n) is 7.92. The molecule has 0 amide bonds. The number of thiophene rings is 1. The molecule has 11 aromatic rings. The van der Waals surface area contributed by atoms with Crippen LogP contribution in [0.4, 0.5) is 17.1 Å². The Hall–Kier alpha value is -6.36. The quantitative estimate of drug-likeness (QED) is 0.188. The molecule has 0 unspecified atom stereocenters. The number of hydrogen-bond donors (Lipinski definition) is 0. The summed E-state index contributed by atoms with van der Waals surface area (Å²) in [6.07, 6.45) is 0. The second-order valence-electron chi connectivity index (χ2n) is 12.9. The highest BCUT2D eigenvalue weighted by molar-refractivity contribution is 7.26. The van der Waals surface area contributed by atoms with Gasteiger partial charge in [0.15, 0.2) is 0 Å². The Balaban J connectivity index is 1.20. The fraction of sp³-hybridized carbons (Fsp3) is 0. The summed E-state index contributed by atoms with van der Waals surface area (Å²) in [5.41, 5.74) is 8.49. The van der Waals surface area contributed by atoms with E-state index in [1.807, 2.05) is 23.5 Å². The molecule has 0 aliphatic heterocycles. The van der Waals surface area contributed by atoms with E-state index >= 15 is 0 Å². The van der Waals surface area contributed by atoms with E-state index in [1.54, 1.807) is 0 Å². The highest BCUT2D eigenvalue weighted by Crippen LogP contribution is 2.44. The SMILES string of the molecule is c1ccc(-n2c3ccccc3c3ccc(N(c4ccc5c(c4)oc4ccccc45)c4ccc5ccc6sc7ccccc7c6c5c4)cc32)cc1. The third-order valence-electron chi connectivity index (χ3n) is 10.2. The molecule has 0 aliphatic rings. The maximum absolute atomic E-state index is 6.44. The molecule has 4 heteroatoms. The Kier molecular flexibility index (Phi) is 5.83. The molecule has 0 saturated heterocycles. The average Bonchev–Trinajstić information content (AvgIpc) is 3.84. The van der Waals surface area contributed by atoms with E-state index < -0.39 is 0 Å². The minimum Gasteiger partial charge on any atom is -0.456 e. The van der Waals surface area contributed by atoms with Crippen LogP contribution in [0.2, 0.25) is 0 Å². The molecule has 3 aromatic heterocycles. The molecular weight excluding hydrogens is 629 g/mol. The molecule has 0 radical (unpaired) electrons. The van der Waals surface area contributed by atoms with Gasteiger partial charge in [-0.2, -0.15) is 0 Å². The van der Waals surface area contributed by atoms with E-state index in [-0.39, 0.29) is 0 Å². The van der Waals surface area contributed by atoms with Crippen molar-refractivity contribution in [1.29, 1.82) is 0 Å². The zero-order valence-electron chi connectivity index (χ0n) is 26.9. The summed E-state index contributed by atoms with van der Waals surface area (Å²) in [4.78, 5) is 2.38. The van der Waals surface area contributed by atoms with Gasteiger partial charge >= 0.3 is 0 Å². The van der Waals surface area contributed by atoms with Crippen molar-refractivity contribution in [2.24, 2.45) is 0 Å². The van der Waals surface area contributed by atoms with E-state index in [1.165, 1.54) is 47.2 Å². The minimum absolute atomic E-state index is 0.875. The minimum atomic E-state index is 0.875. The number of anilines is 3. The number of para-hydroxylation sites is 3. The van der Waals surface area contributed by atoms with Crippen molar-refractivity contribution >= 4 is 103 Å². The van der Waals surface area contributed by atoms with Crippen molar-refractivity contribution < 1.29 is 4.42 Å². The number of benzene rings is 8. The standard InChI is InChI=1S/C46H28N2OS/c1-2-10-30(11-3-1)48-40-15-7-4-12-34(40)35-23-21-32(27-41(35)48)47(33-22-24-37-36-13-5-8-16-42(36)49-43(37)28-33)31-20-18-29-19-25-45-46(39(29)26-31)38-14-6-9-17-44(38)50-45/h1-28H. The lowest BCUT2D eigenvalue weighted by atomic mass is 10.0. The smallest absolute Gasteiger partial charge is 0.137 e. The van der Waals surface area contributed by atoms with Crippen LogP contribution in [-0.2, 0) is 0 Å². The molecule has 3 nitrogen and oxygen atoms in total. The van der Waals surface area contributed by atoms with Crippen molar-refractivity contribution in [3.8, 4) is 5.69 Å². The highest BCUT2D eigenvalue weighted by Gasteiger charge is 2.20. The fourth-order valence-corrected chi connectivity index (χ4v) is 9.05. The summed E-state index contributed by atoms with van der Waals surface area (Å²) < 4.78 is 11.4. The lowest BCUT2D eigenvalue weighted by Crippen LogP contribution is -2.10. The summed E-state index contributed by atoms with van der Waals surface area (Å²) in [6.45, 7) is 0. The van der Waals surface area contributed by atoms with E-state index in [0.29, 0.717) is 0 Å². The van der Waals surface area contributed by atoms with Gasteiger partial charge in [-0.25, -0.2) is 0 Å². The van der Waals surface area contributed by atoms with E-state index in [2.05, 4.69) is 167 Å². The molecule has 234 valence electrons.